The predicted molar refractivity (Wildman–Crippen MR) is 101 cm³/mol. The van der Waals surface area contributed by atoms with E-state index in [9.17, 15) is 5.11 Å². The van der Waals surface area contributed by atoms with Gasteiger partial charge in [0.05, 0.1) is 5.60 Å². The van der Waals surface area contributed by atoms with Crippen LogP contribution in [0.15, 0.2) is 84.0 Å². The largest absolute Gasteiger partial charge is 0.384 e. The van der Waals surface area contributed by atoms with Crippen molar-refractivity contribution in [3.05, 3.63) is 95.1 Å². The van der Waals surface area contributed by atoms with E-state index in [2.05, 4.69) is 69.3 Å². The first-order valence-corrected chi connectivity index (χ1v) is 8.61. The van der Waals surface area contributed by atoms with Gasteiger partial charge in [-0.2, -0.15) is 0 Å². The van der Waals surface area contributed by atoms with Gasteiger partial charge in [0.2, 0.25) is 0 Å². The third-order valence-electron chi connectivity index (χ3n) is 5.30. The van der Waals surface area contributed by atoms with Crippen molar-refractivity contribution < 1.29 is 5.11 Å². The molecule has 2 atom stereocenters. The molecule has 0 aliphatic heterocycles. The van der Waals surface area contributed by atoms with Crippen LogP contribution in [-0.2, 0) is 12.8 Å². The van der Waals surface area contributed by atoms with Gasteiger partial charge in [-0.15, -0.1) is 0 Å². The van der Waals surface area contributed by atoms with Gasteiger partial charge in [-0.05, 0) is 37.0 Å². The van der Waals surface area contributed by atoms with Crippen molar-refractivity contribution in [1.82, 2.24) is 0 Å². The van der Waals surface area contributed by atoms with Crippen molar-refractivity contribution in [2.75, 3.05) is 0 Å². The third kappa shape index (κ3) is 3.09. The Kier molecular flexibility index (Phi) is 4.47. The lowest BCUT2D eigenvalue weighted by Gasteiger charge is -2.47. The molecule has 2 unspecified atom stereocenters. The number of hydrogen-bond donors (Lipinski definition) is 1. The van der Waals surface area contributed by atoms with Gasteiger partial charge in [0, 0.05) is 11.8 Å². The highest BCUT2D eigenvalue weighted by Crippen LogP contribution is 2.47. The second-order valence-electron chi connectivity index (χ2n) is 7.32. The highest BCUT2D eigenvalue weighted by atomic mass is 16.3. The Labute approximate surface area is 145 Å². The summed E-state index contributed by atoms with van der Waals surface area (Å²) >= 11 is 0. The van der Waals surface area contributed by atoms with E-state index in [1.807, 2.05) is 24.3 Å². The highest BCUT2D eigenvalue weighted by molar-refractivity contribution is 5.41. The first-order chi connectivity index (χ1) is 11.4. The van der Waals surface area contributed by atoms with Crippen LogP contribution in [0.2, 0.25) is 0 Å². The maximum Gasteiger partial charge on any atom is 0.0988 e. The van der Waals surface area contributed by atoms with E-state index in [-0.39, 0.29) is 5.41 Å². The molecule has 0 saturated carbocycles. The molecule has 1 nitrogen and oxygen atoms in total. The lowest BCUT2D eigenvalue weighted by atomic mass is 9.61. The molecular weight excluding hydrogens is 292 g/mol. The molecule has 24 heavy (non-hydrogen) atoms. The Hall–Kier alpha value is -2.12. The van der Waals surface area contributed by atoms with Crippen molar-refractivity contribution in [3.63, 3.8) is 0 Å². The second kappa shape index (κ2) is 6.41. The number of rotatable bonds is 4. The molecule has 0 bridgehead atoms. The van der Waals surface area contributed by atoms with Crippen molar-refractivity contribution in [3.8, 4) is 0 Å². The van der Waals surface area contributed by atoms with Gasteiger partial charge in [-0.3, -0.25) is 0 Å². The highest BCUT2D eigenvalue weighted by Gasteiger charge is 2.48. The van der Waals surface area contributed by atoms with E-state index in [1.165, 1.54) is 16.7 Å². The molecule has 1 aliphatic carbocycles. The Morgan fingerprint density at radius 3 is 1.83 bits per heavy atom. The SMILES string of the molecule is CC1=CC(C)(Cc2ccccc2)C(O)(Cc2ccccc2)C(C)=C1. The molecule has 1 heteroatoms. The minimum Gasteiger partial charge on any atom is -0.384 e. The number of aliphatic hydroxyl groups is 1. The van der Waals surface area contributed by atoms with E-state index < -0.39 is 5.60 Å². The minimum absolute atomic E-state index is 0.340. The molecule has 1 aliphatic rings. The zero-order valence-corrected chi connectivity index (χ0v) is 14.8. The van der Waals surface area contributed by atoms with Crippen LogP contribution in [0.25, 0.3) is 0 Å². The molecule has 0 fully saturated rings. The quantitative estimate of drug-likeness (QED) is 0.830. The van der Waals surface area contributed by atoms with Crippen molar-refractivity contribution in [2.24, 2.45) is 5.41 Å². The molecular formula is C23H26O. The smallest absolute Gasteiger partial charge is 0.0988 e. The lowest BCUT2D eigenvalue weighted by Crippen LogP contribution is -2.51. The van der Waals surface area contributed by atoms with Crippen LogP contribution in [-0.4, -0.2) is 10.7 Å². The molecule has 0 amide bonds. The van der Waals surface area contributed by atoms with Gasteiger partial charge in [-0.1, -0.05) is 85.3 Å². The zero-order valence-electron chi connectivity index (χ0n) is 14.8. The van der Waals surface area contributed by atoms with E-state index in [4.69, 9.17) is 0 Å². The fraction of sp³-hybridized carbons (Fsp3) is 0.304. The molecule has 0 radical (unpaired) electrons. The fourth-order valence-corrected chi connectivity index (χ4v) is 4.02. The summed E-state index contributed by atoms with van der Waals surface area (Å²) in [5.74, 6) is 0. The van der Waals surface area contributed by atoms with Crippen LogP contribution in [0.3, 0.4) is 0 Å². The number of allylic oxidation sites excluding steroid dienone is 2. The van der Waals surface area contributed by atoms with Gasteiger partial charge in [0.25, 0.3) is 0 Å². The molecule has 0 saturated heterocycles. The summed E-state index contributed by atoms with van der Waals surface area (Å²) in [7, 11) is 0. The number of benzene rings is 2. The van der Waals surface area contributed by atoms with Crippen molar-refractivity contribution >= 4 is 0 Å². The maximum absolute atomic E-state index is 11.8. The molecule has 124 valence electrons. The van der Waals surface area contributed by atoms with Gasteiger partial charge in [0.1, 0.15) is 0 Å². The monoisotopic (exact) mass is 318 g/mol. The van der Waals surface area contributed by atoms with E-state index >= 15 is 0 Å². The summed E-state index contributed by atoms with van der Waals surface area (Å²) in [6.07, 6.45) is 5.81. The molecule has 2 aromatic carbocycles. The van der Waals surface area contributed by atoms with Crippen LogP contribution in [0.1, 0.15) is 31.9 Å². The van der Waals surface area contributed by atoms with E-state index in [0.717, 1.165) is 12.0 Å². The van der Waals surface area contributed by atoms with Gasteiger partial charge in [-0.25, -0.2) is 0 Å². The maximum atomic E-state index is 11.8. The summed E-state index contributed by atoms with van der Waals surface area (Å²) in [4.78, 5) is 0. The first kappa shape index (κ1) is 16.7. The third-order valence-corrected chi connectivity index (χ3v) is 5.30. The van der Waals surface area contributed by atoms with Gasteiger partial charge in [0.15, 0.2) is 0 Å². The fourth-order valence-electron chi connectivity index (χ4n) is 4.02. The topological polar surface area (TPSA) is 20.2 Å². The average molecular weight is 318 g/mol. The molecule has 3 rings (SSSR count). The van der Waals surface area contributed by atoms with Crippen LogP contribution in [0.5, 0.6) is 0 Å². The number of hydrogen-bond acceptors (Lipinski definition) is 1. The Bertz CT molecular complexity index is 757. The Morgan fingerprint density at radius 2 is 1.29 bits per heavy atom. The van der Waals surface area contributed by atoms with Gasteiger partial charge >= 0.3 is 0 Å². The second-order valence-corrected chi connectivity index (χ2v) is 7.32. The Morgan fingerprint density at radius 1 is 0.792 bits per heavy atom. The van der Waals surface area contributed by atoms with Crippen LogP contribution >= 0.6 is 0 Å². The summed E-state index contributed by atoms with van der Waals surface area (Å²) < 4.78 is 0. The van der Waals surface area contributed by atoms with E-state index in [0.29, 0.717) is 6.42 Å². The van der Waals surface area contributed by atoms with Crippen molar-refractivity contribution in [1.29, 1.82) is 0 Å². The van der Waals surface area contributed by atoms with Crippen LogP contribution in [0, 0.1) is 5.41 Å². The minimum atomic E-state index is -0.885. The van der Waals surface area contributed by atoms with Gasteiger partial charge < -0.3 is 5.11 Å². The van der Waals surface area contributed by atoms with Crippen LogP contribution in [0.4, 0.5) is 0 Å². The molecule has 0 heterocycles. The Balaban J connectivity index is 2.01. The summed E-state index contributed by atoms with van der Waals surface area (Å²) in [5.41, 5.74) is 3.47. The standard InChI is InChI=1S/C23H26O/c1-18-14-19(2)23(24,17-21-12-8-5-9-13-21)22(3,15-18)16-20-10-6-4-7-11-20/h4-15,24H,16-17H2,1-3H3. The molecule has 1 N–H and O–H groups in total. The zero-order chi connectivity index (χ0) is 17.2. The van der Waals surface area contributed by atoms with Crippen molar-refractivity contribution in [2.45, 2.75) is 39.2 Å². The average Bonchev–Trinajstić information content (AvgIpc) is 2.55. The molecule has 2 aromatic rings. The summed E-state index contributed by atoms with van der Waals surface area (Å²) in [6, 6.07) is 20.7. The predicted octanol–water partition coefficient (Wildman–Crippen LogP) is 5.12. The lowest BCUT2D eigenvalue weighted by molar-refractivity contribution is -0.0198. The molecule has 0 aromatic heterocycles. The normalized spacial score (nSPS) is 26.7. The molecule has 0 spiro atoms. The summed E-state index contributed by atoms with van der Waals surface area (Å²) in [5, 5.41) is 11.8. The first-order valence-electron chi connectivity index (χ1n) is 8.61. The van der Waals surface area contributed by atoms with Crippen LogP contribution < -0.4 is 0 Å². The summed E-state index contributed by atoms with van der Waals surface area (Å²) in [6.45, 7) is 6.36. The van der Waals surface area contributed by atoms with E-state index in [1.54, 1.807) is 0 Å².